The van der Waals surface area contributed by atoms with Gasteiger partial charge in [-0.3, -0.25) is 4.79 Å². The van der Waals surface area contributed by atoms with Gasteiger partial charge in [-0.15, -0.1) is 0 Å². The van der Waals surface area contributed by atoms with E-state index in [0.29, 0.717) is 13.1 Å². The number of likely N-dealkylation sites (tertiary alicyclic amines) is 1. The molecule has 0 radical (unpaired) electrons. The SMILES string of the molecule is CS(=O)(=O)N1CCC[C@@H](C(=O)N2CCCCCC2)C1. The molecule has 0 aromatic carbocycles. The topological polar surface area (TPSA) is 57.7 Å². The molecule has 0 aliphatic carbocycles. The molecule has 1 atom stereocenters. The normalized spacial score (nSPS) is 27.0. The van der Waals surface area contributed by atoms with E-state index < -0.39 is 10.0 Å². The number of carbonyl (C=O) groups excluding carboxylic acids is 1. The Morgan fingerprint density at radius 3 is 2.21 bits per heavy atom. The second-order valence-corrected chi connectivity index (χ2v) is 7.68. The van der Waals surface area contributed by atoms with E-state index in [1.54, 1.807) is 0 Å². The van der Waals surface area contributed by atoms with Crippen LogP contribution >= 0.6 is 0 Å². The van der Waals surface area contributed by atoms with Crippen LogP contribution in [0, 0.1) is 5.92 Å². The summed E-state index contributed by atoms with van der Waals surface area (Å²) in [6, 6.07) is 0. The highest BCUT2D eigenvalue weighted by Crippen LogP contribution is 2.22. The molecule has 5 nitrogen and oxygen atoms in total. The van der Waals surface area contributed by atoms with Crippen molar-refractivity contribution in [3.8, 4) is 0 Å². The Balaban J connectivity index is 1.98. The Kier molecular flexibility index (Phi) is 4.84. The number of rotatable bonds is 2. The quantitative estimate of drug-likeness (QED) is 0.763. The van der Waals surface area contributed by atoms with E-state index in [4.69, 9.17) is 0 Å². The lowest BCUT2D eigenvalue weighted by Crippen LogP contribution is -2.46. The number of sulfonamides is 1. The Labute approximate surface area is 116 Å². The Morgan fingerprint density at radius 2 is 1.63 bits per heavy atom. The standard InChI is InChI=1S/C13H24N2O3S/c1-19(17,18)15-10-6-7-12(11-15)13(16)14-8-4-2-3-5-9-14/h12H,2-11H2,1H3/t12-/m1/s1. The van der Waals surface area contributed by atoms with E-state index in [1.165, 1.54) is 23.4 Å². The number of nitrogens with zero attached hydrogens (tertiary/aromatic N) is 2. The lowest BCUT2D eigenvalue weighted by molar-refractivity contribution is -0.136. The van der Waals surface area contributed by atoms with Crippen LogP contribution in [0.2, 0.25) is 0 Å². The van der Waals surface area contributed by atoms with Crippen molar-refractivity contribution in [3.63, 3.8) is 0 Å². The first-order valence-corrected chi connectivity index (χ1v) is 9.07. The number of piperidine rings is 1. The molecule has 1 amide bonds. The number of amides is 1. The molecular formula is C13H24N2O3S. The van der Waals surface area contributed by atoms with Gasteiger partial charge in [0.15, 0.2) is 0 Å². The summed E-state index contributed by atoms with van der Waals surface area (Å²) in [4.78, 5) is 14.4. The monoisotopic (exact) mass is 288 g/mol. The fourth-order valence-electron chi connectivity index (χ4n) is 2.99. The van der Waals surface area contributed by atoms with Crippen molar-refractivity contribution in [2.45, 2.75) is 38.5 Å². The molecule has 0 aromatic rings. The minimum absolute atomic E-state index is 0.137. The number of hydrogen-bond donors (Lipinski definition) is 0. The fourth-order valence-corrected chi connectivity index (χ4v) is 3.91. The van der Waals surface area contributed by atoms with Crippen molar-refractivity contribution in [1.82, 2.24) is 9.21 Å². The van der Waals surface area contributed by atoms with Gasteiger partial charge in [0.05, 0.1) is 12.2 Å². The van der Waals surface area contributed by atoms with Crippen molar-refractivity contribution >= 4 is 15.9 Å². The van der Waals surface area contributed by atoms with Crippen LogP contribution in [0.1, 0.15) is 38.5 Å². The van der Waals surface area contributed by atoms with Gasteiger partial charge in [0, 0.05) is 26.2 Å². The first-order chi connectivity index (χ1) is 8.98. The number of carbonyl (C=O) groups is 1. The minimum Gasteiger partial charge on any atom is -0.342 e. The maximum absolute atomic E-state index is 12.5. The summed E-state index contributed by atoms with van der Waals surface area (Å²) in [6.07, 6.45) is 7.39. The molecule has 2 heterocycles. The molecule has 2 saturated heterocycles. The maximum atomic E-state index is 12.5. The molecule has 0 bridgehead atoms. The van der Waals surface area contributed by atoms with E-state index >= 15 is 0 Å². The molecule has 2 aliphatic rings. The average molecular weight is 288 g/mol. The molecule has 0 spiro atoms. The third kappa shape index (κ3) is 3.92. The van der Waals surface area contributed by atoms with Gasteiger partial charge in [-0.05, 0) is 25.7 Å². The van der Waals surface area contributed by atoms with Gasteiger partial charge >= 0.3 is 0 Å². The predicted octanol–water partition coefficient (Wildman–Crippen LogP) is 1.06. The summed E-state index contributed by atoms with van der Waals surface area (Å²) in [5.74, 6) is 0.0248. The molecule has 2 aliphatic heterocycles. The molecule has 2 rings (SSSR count). The van der Waals surface area contributed by atoms with Gasteiger partial charge in [0.25, 0.3) is 0 Å². The highest BCUT2D eigenvalue weighted by atomic mass is 32.2. The molecule has 2 fully saturated rings. The van der Waals surface area contributed by atoms with Crippen LogP contribution in [0.25, 0.3) is 0 Å². The van der Waals surface area contributed by atoms with E-state index in [-0.39, 0.29) is 11.8 Å². The lowest BCUT2D eigenvalue weighted by Gasteiger charge is -2.33. The van der Waals surface area contributed by atoms with Gasteiger partial charge in [-0.25, -0.2) is 12.7 Å². The molecular weight excluding hydrogens is 264 g/mol. The van der Waals surface area contributed by atoms with E-state index in [0.717, 1.165) is 38.8 Å². The highest BCUT2D eigenvalue weighted by molar-refractivity contribution is 7.88. The molecule has 0 saturated carbocycles. The Bertz CT molecular complexity index is 414. The second-order valence-electron chi connectivity index (χ2n) is 5.70. The van der Waals surface area contributed by atoms with Gasteiger partial charge in [0.1, 0.15) is 0 Å². The molecule has 6 heteroatoms. The minimum atomic E-state index is -3.17. The van der Waals surface area contributed by atoms with Crippen molar-refractivity contribution in [2.75, 3.05) is 32.4 Å². The third-order valence-corrected chi connectivity index (χ3v) is 5.39. The zero-order valence-corrected chi connectivity index (χ0v) is 12.5. The molecule has 110 valence electrons. The summed E-state index contributed by atoms with van der Waals surface area (Å²) >= 11 is 0. The smallest absolute Gasteiger partial charge is 0.227 e. The lowest BCUT2D eigenvalue weighted by atomic mass is 9.98. The third-order valence-electron chi connectivity index (χ3n) is 4.12. The van der Waals surface area contributed by atoms with Gasteiger partial charge in [-0.2, -0.15) is 0 Å². The van der Waals surface area contributed by atoms with E-state index in [9.17, 15) is 13.2 Å². The van der Waals surface area contributed by atoms with Crippen LogP contribution in [-0.2, 0) is 14.8 Å². The summed E-state index contributed by atoms with van der Waals surface area (Å²) in [7, 11) is -3.17. The van der Waals surface area contributed by atoms with Crippen LogP contribution in [0.5, 0.6) is 0 Å². The van der Waals surface area contributed by atoms with Crippen molar-refractivity contribution < 1.29 is 13.2 Å². The van der Waals surface area contributed by atoms with E-state index in [1.807, 2.05) is 4.90 Å². The van der Waals surface area contributed by atoms with Gasteiger partial charge < -0.3 is 4.90 Å². The summed E-state index contributed by atoms with van der Waals surface area (Å²) in [5.41, 5.74) is 0. The first-order valence-electron chi connectivity index (χ1n) is 7.22. The summed E-state index contributed by atoms with van der Waals surface area (Å²) in [6.45, 7) is 2.61. The average Bonchev–Trinajstić information content (AvgIpc) is 2.66. The van der Waals surface area contributed by atoms with Crippen molar-refractivity contribution in [1.29, 1.82) is 0 Å². The maximum Gasteiger partial charge on any atom is 0.227 e. The van der Waals surface area contributed by atoms with Crippen LogP contribution in [0.4, 0.5) is 0 Å². The zero-order chi connectivity index (χ0) is 13.9. The van der Waals surface area contributed by atoms with Crippen molar-refractivity contribution in [2.24, 2.45) is 5.92 Å². The van der Waals surface area contributed by atoms with Crippen LogP contribution < -0.4 is 0 Å². The summed E-state index contributed by atoms with van der Waals surface area (Å²) < 4.78 is 24.6. The zero-order valence-electron chi connectivity index (χ0n) is 11.7. The van der Waals surface area contributed by atoms with Gasteiger partial charge in [-0.1, -0.05) is 12.8 Å². The summed E-state index contributed by atoms with van der Waals surface area (Å²) in [5, 5.41) is 0. The fraction of sp³-hybridized carbons (Fsp3) is 0.923. The second kappa shape index (κ2) is 6.22. The Morgan fingerprint density at radius 1 is 1.00 bits per heavy atom. The molecule has 0 aromatic heterocycles. The largest absolute Gasteiger partial charge is 0.342 e. The van der Waals surface area contributed by atoms with Crippen LogP contribution in [0.3, 0.4) is 0 Å². The molecule has 19 heavy (non-hydrogen) atoms. The first kappa shape index (κ1) is 14.8. The van der Waals surface area contributed by atoms with Gasteiger partial charge in [0.2, 0.25) is 15.9 Å². The van der Waals surface area contributed by atoms with E-state index in [2.05, 4.69) is 0 Å². The Hall–Kier alpha value is -0.620. The van der Waals surface area contributed by atoms with Crippen LogP contribution in [-0.4, -0.2) is 56.0 Å². The molecule has 0 N–H and O–H groups in total. The predicted molar refractivity (Wildman–Crippen MR) is 74.2 cm³/mol. The molecule has 0 unspecified atom stereocenters. The highest BCUT2D eigenvalue weighted by Gasteiger charge is 2.32. The number of hydrogen-bond acceptors (Lipinski definition) is 3. The van der Waals surface area contributed by atoms with Crippen molar-refractivity contribution in [3.05, 3.63) is 0 Å². The van der Waals surface area contributed by atoms with Crippen LogP contribution in [0.15, 0.2) is 0 Å².